The molecular weight excluding hydrogens is 738 g/mol. The Kier molecular flexibility index (Phi) is 37.1. The molecule has 51 heavy (non-hydrogen) atoms. The van der Waals surface area contributed by atoms with E-state index < -0.39 is 0 Å². The molecule has 0 bridgehead atoms. The Balaban J connectivity index is -0.000000326. The molecule has 0 spiro atoms. The molecule has 298 valence electrons. The molecule has 2 aromatic carbocycles. The van der Waals surface area contributed by atoms with Crippen molar-refractivity contribution in [3.05, 3.63) is 90.4 Å². The zero-order valence-electron chi connectivity index (χ0n) is 35.6. The van der Waals surface area contributed by atoms with E-state index in [4.69, 9.17) is 0 Å². The normalized spacial score (nSPS) is 23.6. The Morgan fingerprint density at radius 1 is 0.490 bits per heavy atom. The third-order valence-electron chi connectivity index (χ3n) is 11.4. The molecule has 0 aliphatic heterocycles. The first kappa shape index (κ1) is 58.1. The first-order valence-electron chi connectivity index (χ1n) is 19.3. The van der Waals surface area contributed by atoms with Crippen molar-refractivity contribution in [2.75, 3.05) is 6.66 Å². The van der Waals surface area contributed by atoms with E-state index in [2.05, 4.69) is 116 Å². The van der Waals surface area contributed by atoms with Crippen molar-refractivity contribution in [3.63, 3.8) is 0 Å². The Bertz CT molecular complexity index is 939. The van der Waals surface area contributed by atoms with Crippen LogP contribution in [0.25, 0.3) is 0 Å². The second-order valence-corrected chi connectivity index (χ2v) is 21.1. The van der Waals surface area contributed by atoms with Gasteiger partial charge >= 0.3 is 34.1 Å². The quantitative estimate of drug-likeness (QED) is 0.148. The fourth-order valence-electron chi connectivity index (χ4n) is 8.71. The summed E-state index contributed by atoms with van der Waals surface area (Å²) in [6.07, 6.45) is 22.3. The van der Waals surface area contributed by atoms with Gasteiger partial charge in [-0.3, -0.25) is 0 Å². The molecule has 0 aromatic heterocycles. The van der Waals surface area contributed by atoms with Crippen LogP contribution in [-0.4, -0.2) is 23.6 Å². The molecule has 4 aliphatic rings. The smallest absolute Gasteiger partial charge is 0.358 e. The molecule has 0 N–H and O–H groups in total. The van der Waals surface area contributed by atoms with E-state index in [-0.39, 0.29) is 79.7 Å². The van der Waals surface area contributed by atoms with Crippen LogP contribution in [0, 0.1) is 59.3 Å². The maximum absolute atomic E-state index is 2.52. The van der Waals surface area contributed by atoms with Gasteiger partial charge in [0, 0.05) is 0 Å². The molecule has 4 saturated carbocycles. The fraction of sp³-hybridized carbons (Fsp3) is 0.660. The second-order valence-electron chi connectivity index (χ2n) is 15.7. The van der Waals surface area contributed by atoms with Gasteiger partial charge in [-0.15, -0.1) is 7.92 Å². The van der Waals surface area contributed by atoms with Gasteiger partial charge in [0.25, 0.3) is 0 Å². The number of hydrogen-bond donors (Lipinski definition) is 0. The van der Waals surface area contributed by atoms with Crippen LogP contribution in [0.1, 0.15) is 145 Å². The molecule has 0 nitrogen and oxygen atoms in total. The van der Waals surface area contributed by atoms with E-state index in [0.717, 1.165) is 46.6 Å². The molecule has 0 saturated heterocycles. The molecule has 0 heterocycles. The van der Waals surface area contributed by atoms with Gasteiger partial charge < -0.3 is 29.7 Å². The van der Waals surface area contributed by atoms with Crippen LogP contribution in [0.4, 0.5) is 0 Å². The molecule has 0 radical (unpaired) electrons. The molecule has 4 heteroatoms. The number of rotatable bonds is 7. The van der Waals surface area contributed by atoms with Crippen molar-refractivity contribution in [2.24, 2.45) is 29.6 Å². The van der Waals surface area contributed by atoms with Gasteiger partial charge in [-0.1, -0.05) is 180 Å². The minimum atomic E-state index is -0.250. The van der Waals surface area contributed by atoms with Crippen LogP contribution in [-0.2, 0) is 34.1 Å². The molecule has 6 rings (SSSR count). The third-order valence-corrected chi connectivity index (χ3v) is 17.7. The SMILES string of the molecule is C1CCCC1.C1CCCC1.CC(C)C1C(C)CCC1P(c1ccccc1)c1ccccc1.CC(C)C1CCCC1P(C)C(C)C.[CH3-].[CH3-].[CH3-].[CH3-].[Fe+2].[Fe+2]. The topological polar surface area (TPSA) is 0 Å². The van der Waals surface area contributed by atoms with Crippen molar-refractivity contribution in [1.82, 2.24) is 0 Å². The Morgan fingerprint density at radius 2 is 0.882 bits per heavy atom. The minimum absolute atomic E-state index is 0. The molecule has 0 amide bonds. The monoisotopic (exact) mass is 822 g/mol. The van der Waals surface area contributed by atoms with Crippen molar-refractivity contribution in [2.45, 2.75) is 162 Å². The predicted molar refractivity (Wildman–Crippen MR) is 235 cm³/mol. The maximum atomic E-state index is 2.52. The summed E-state index contributed by atoms with van der Waals surface area (Å²) in [5.74, 6) is 4.45. The first-order chi connectivity index (χ1) is 21.7. The van der Waals surface area contributed by atoms with Crippen molar-refractivity contribution in [1.29, 1.82) is 0 Å². The van der Waals surface area contributed by atoms with E-state index in [1.165, 1.54) is 96.3 Å². The van der Waals surface area contributed by atoms with E-state index in [1.54, 1.807) is 10.6 Å². The Hall–Kier alpha value is 0.339. The van der Waals surface area contributed by atoms with Crippen LogP contribution < -0.4 is 10.6 Å². The molecule has 6 atom stereocenters. The summed E-state index contributed by atoms with van der Waals surface area (Å²) < 4.78 is 0. The zero-order valence-corrected chi connectivity index (χ0v) is 39.6. The maximum Gasteiger partial charge on any atom is 2.00 e. The van der Waals surface area contributed by atoms with E-state index in [9.17, 15) is 0 Å². The summed E-state index contributed by atoms with van der Waals surface area (Å²) in [5, 5.41) is 3.10. The Labute approximate surface area is 346 Å². The van der Waals surface area contributed by atoms with Crippen LogP contribution >= 0.6 is 15.8 Å². The average Bonchev–Trinajstić information content (AvgIpc) is 3.88. The molecular formula is C47H84Fe2P2. The van der Waals surface area contributed by atoms with E-state index in [1.807, 2.05) is 0 Å². The summed E-state index contributed by atoms with van der Waals surface area (Å²) in [4.78, 5) is 0. The number of benzene rings is 2. The minimum Gasteiger partial charge on any atom is -0.358 e. The molecule has 2 aromatic rings. The third kappa shape index (κ3) is 19.7. The number of hydrogen-bond acceptors (Lipinski definition) is 0. The average molecular weight is 823 g/mol. The summed E-state index contributed by atoms with van der Waals surface area (Å²) in [7, 11) is 0.0372. The van der Waals surface area contributed by atoms with Crippen LogP contribution in [0.2, 0.25) is 0 Å². The first-order valence-corrected chi connectivity index (χ1v) is 22.7. The van der Waals surface area contributed by atoms with Crippen molar-refractivity contribution < 1.29 is 34.1 Å². The van der Waals surface area contributed by atoms with Crippen LogP contribution in [0.15, 0.2) is 60.7 Å². The van der Waals surface area contributed by atoms with Gasteiger partial charge in [0.05, 0.1) is 0 Å². The predicted octanol–water partition coefficient (Wildman–Crippen LogP) is 15.2. The van der Waals surface area contributed by atoms with Crippen LogP contribution in [0.5, 0.6) is 0 Å². The standard InChI is InChI=1S/C21H27P.C12H25P.2C5H10.4CH3.2Fe/c1-16(2)21-17(3)14-15-20(21)22(18-10-6-4-7-11-18)19-12-8-5-9-13-19;1-9(2)11-7-6-8-12(11)13(5)10(3)4;2*1-2-4-5-3-1;;;;;;/h4-13,16-17,20-21H,14-15H2,1-3H3;9-12H,6-8H2,1-5H3;2*1-5H2;4*1H3;;/q;;;;4*-1;2*+2. The van der Waals surface area contributed by atoms with Crippen molar-refractivity contribution >= 4 is 26.5 Å². The van der Waals surface area contributed by atoms with E-state index in [0.29, 0.717) is 0 Å². The molecule has 6 unspecified atom stereocenters. The fourth-order valence-corrected chi connectivity index (χ4v) is 14.6. The Morgan fingerprint density at radius 3 is 1.22 bits per heavy atom. The van der Waals surface area contributed by atoms with Gasteiger partial charge in [-0.25, -0.2) is 0 Å². The van der Waals surface area contributed by atoms with Gasteiger partial charge in [0.15, 0.2) is 0 Å². The van der Waals surface area contributed by atoms with Crippen molar-refractivity contribution in [3.8, 4) is 0 Å². The summed E-state index contributed by atoms with van der Waals surface area (Å²) >= 11 is 0. The van der Waals surface area contributed by atoms with Gasteiger partial charge in [-0.05, 0) is 97.4 Å². The van der Waals surface area contributed by atoms with Crippen LogP contribution in [0.3, 0.4) is 0 Å². The zero-order chi connectivity index (χ0) is 32.6. The summed E-state index contributed by atoms with van der Waals surface area (Å²) in [6, 6.07) is 22.5. The van der Waals surface area contributed by atoms with Gasteiger partial charge in [-0.2, -0.15) is 0 Å². The van der Waals surface area contributed by atoms with Gasteiger partial charge in [0.2, 0.25) is 0 Å². The second kappa shape index (κ2) is 32.6. The summed E-state index contributed by atoms with van der Waals surface area (Å²) in [5.41, 5.74) is 2.84. The molecule has 4 fully saturated rings. The summed E-state index contributed by atoms with van der Waals surface area (Å²) in [6.45, 7) is 19.5. The van der Waals surface area contributed by atoms with Gasteiger partial charge in [0.1, 0.15) is 0 Å². The van der Waals surface area contributed by atoms with E-state index >= 15 is 0 Å². The molecule has 4 aliphatic carbocycles. The largest absolute Gasteiger partial charge is 2.00 e.